The molecule has 6 heteroatoms. The molecule has 1 atom stereocenters. The fourth-order valence-corrected chi connectivity index (χ4v) is 4.29. The Hall–Kier alpha value is -2.11. The largest absolute Gasteiger partial charge is 0.325 e. The average molecular weight is 388 g/mol. The lowest BCUT2D eigenvalue weighted by atomic mass is 9.99. The molecule has 4 nitrogen and oxygen atoms in total. The molecule has 0 aromatic heterocycles. The third kappa shape index (κ3) is 3.42. The highest BCUT2D eigenvalue weighted by molar-refractivity contribution is 6.30. The Balaban J connectivity index is 1.73. The summed E-state index contributed by atoms with van der Waals surface area (Å²) in [7, 11) is 0. The maximum absolute atomic E-state index is 14.6. The number of halogens is 2. The van der Waals surface area contributed by atoms with E-state index in [-0.39, 0.29) is 17.9 Å². The maximum atomic E-state index is 14.6. The van der Waals surface area contributed by atoms with Gasteiger partial charge in [0.1, 0.15) is 5.82 Å². The van der Waals surface area contributed by atoms with Crippen LogP contribution in [0, 0.1) is 5.82 Å². The number of carbonyl (C=O) groups excluding carboxylic acids is 1. The van der Waals surface area contributed by atoms with Crippen LogP contribution in [0.25, 0.3) is 0 Å². The number of fused-ring (bicyclic) bond motifs is 1. The van der Waals surface area contributed by atoms with E-state index in [1.807, 2.05) is 36.1 Å². The molecule has 0 radical (unpaired) electrons. The quantitative estimate of drug-likeness (QED) is 0.826. The number of amides is 2. The lowest BCUT2D eigenvalue weighted by Crippen LogP contribution is -2.54. The molecule has 0 bridgehead atoms. The average Bonchev–Trinajstić information content (AvgIpc) is 2.68. The zero-order chi connectivity index (χ0) is 19.0. The third-order valence-corrected chi connectivity index (χ3v) is 5.83. The van der Waals surface area contributed by atoms with Crippen LogP contribution in [0.15, 0.2) is 42.5 Å². The number of anilines is 1. The second-order valence-corrected chi connectivity index (χ2v) is 7.67. The minimum absolute atomic E-state index is 0.0533. The molecule has 2 amide bonds. The van der Waals surface area contributed by atoms with E-state index in [1.165, 1.54) is 6.07 Å². The molecule has 4 rings (SSSR count). The Morgan fingerprint density at radius 1 is 1.19 bits per heavy atom. The minimum atomic E-state index is -0.430. The summed E-state index contributed by atoms with van der Waals surface area (Å²) in [6, 6.07) is 12.3. The Kier molecular flexibility index (Phi) is 5.06. The third-order valence-electron chi connectivity index (χ3n) is 5.59. The summed E-state index contributed by atoms with van der Waals surface area (Å²) in [5, 5.41) is 3.70. The predicted molar refractivity (Wildman–Crippen MR) is 106 cm³/mol. The number of piperidine rings is 1. The van der Waals surface area contributed by atoms with Crippen molar-refractivity contribution in [3.05, 3.63) is 64.4 Å². The summed E-state index contributed by atoms with van der Waals surface area (Å²) in [5.41, 5.74) is 2.42. The molecule has 0 aliphatic carbocycles. The second kappa shape index (κ2) is 7.49. The molecule has 1 N–H and O–H groups in total. The fourth-order valence-electron chi connectivity index (χ4n) is 4.13. The van der Waals surface area contributed by atoms with Crippen LogP contribution in [0.1, 0.15) is 36.9 Å². The Morgan fingerprint density at radius 2 is 1.93 bits per heavy atom. The smallest absolute Gasteiger partial charge is 0.317 e. The predicted octanol–water partition coefficient (Wildman–Crippen LogP) is 4.73. The van der Waals surface area contributed by atoms with Gasteiger partial charge in [-0.15, -0.1) is 0 Å². The first-order chi connectivity index (χ1) is 13.1. The van der Waals surface area contributed by atoms with Gasteiger partial charge in [0.25, 0.3) is 0 Å². The van der Waals surface area contributed by atoms with E-state index in [1.54, 1.807) is 17.0 Å². The number of hydrogen-bond donors (Lipinski definition) is 1. The van der Waals surface area contributed by atoms with E-state index in [9.17, 15) is 9.18 Å². The van der Waals surface area contributed by atoms with Crippen LogP contribution in [0.3, 0.4) is 0 Å². The van der Waals surface area contributed by atoms with Gasteiger partial charge in [0.2, 0.25) is 0 Å². The van der Waals surface area contributed by atoms with Crippen molar-refractivity contribution in [3.8, 4) is 0 Å². The molecule has 2 aliphatic heterocycles. The van der Waals surface area contributed by atoms with E-state index in [2.05, 4.69) is 5.32 Å². The van der Waals surface area contributed by atoms with Crippen LogP contribution >= 0.6 is 11.6 Å². The van der Waals surface area contributed by atoms with Crippen LogP contribution in [-0.4, -0.2) is 30.1 Å². The van der Waals surface area contributed by atoms with E-state index >= 15 is 0 Å². The van der Waals surface area contributed by atoms with Gasteiger partial charge in [-0.25, -0.2) is 9.18 Å². The number of benzene rings is 2. The number of para-hydroxylation sites is 1. The molecule has 0 spiro atoms. The van der Waals surface area contributed by atoms with Crippen LogP contribution < -0.4 is 10.2 Å². The second-order valence-electron chi connectivity index (χ2n) is 7.23. The first-order valence-corrected chi connectivity index (χ1v) is 9.77. The molecule has 2 aromatic carbocycles. The summed E-state index contributed by atoms with van der Waals surface area (Å²) < 4.78 is 14.6. The first kappa shape index (κ1) is 18.3. The van der Waals surface area contributed by atoms with Crippen molar-refractivity contribution < 1.29 is 9.18 Å². The van der Waals surface area contributed by atoms with Crippen molar-refractivity contribution >= 4 is 23.3 Å². The van der Waals surface area contributed by atoms with Crippen molar-refractivity contribution in [1.82, 2.24) is 10.2 Å². The Morgan fingerprint density at radius 3 is 2.67 bits per heavy atom. The molecular weight excluding hydrogens is 365 g/mol. The highest BCUT2D eigenvalue weighted by atomic mass is 35.5. The molecule has 142 valence electrons. The van der Waals surface area contributed by atoms with Crippen molar-refractivity contribution in [3.63, 3.8) is 0 Å². The molecule has 1 unspecified atom stereocenters. The van der Waals surface area contributed by atoms with Gasteiger partial charge in [-0.05, 0) is 56.6 Å². The highest BCUT2D eigenvalue weighted by Gasteiger charge is 2.38. The molecule has 1 fully saturated rings. The van der Waals surface area contributed by atoms with E-state index in [0.717, 1.165) is 37.2 Å². The number of urea groups is 1. The maximum Gasteiger partial charge on any atom is 0.325 e. The van der Waals surface area contributed by atoms with Crippen molar-refractivity contribution in [2.75, 3.05) is 18.0 Å². The van der Waals surface area contributed by atoms with Gasteiger partial charge in [0.05, 0.1) is 11.7 Å². The summed E-state index contributed by atoms with van der Waals surface area (Å²) >= 11 is 5.91. The number of carbonyl (C=O) groups is 1. The topological polar surface area (TPSA) is 35.6 Å². The molecule has 2 aromatic rings. The number of hydrogen-bond acceptors (Lipinski definition) is 2. The van der Waals surface area contributed by atoms with Gasteiger partial charge in [0.15, 0.2) is 0 Å². The summed E-state index contributed by atoms with van der Waals surface area (Å²) in [5.74, 6) is -0.390. The van der Waals surface area contributed by atoms with E-state index in [4.69, 9.17) is 11.6 Å². The number of nitrogens with one attached hydrogen (secondary N) is 1. The summed E-state index contributed by atoms with van der Waals surface area (Å²) in [6.07, 6.45) is 1.87. The summed E-state index contributed by atoms with van der Waals surface area (Å²) in [6.45, 7) is 4.30. The lowest BCUT2D eigenvalue weighted by molar-refractivity contribution is 0.154. The van der Waals surface area contributed by atoms with Gasteiger partial charge in [-0.1, -0.05) is 35.9 Å². The van der Waals surface area contributed by atoms with Gasteiger partial charge in [0, 0.05) is 23.2 Å². The standard InChI is InChI=1S/C21H23ClFN3O/c1-14(18-7-6-16(22)12-19(18)23)26-20-5-3-2-4-15(20)13-25(21(26)27)17-8-10-24-11-9-17/h2-7,12,14,17,24H,8-11,13H2,1H3. The number of nitrogens with zero attached hydrogens (tertiary/aromatic N) is 2. The molecule has 2 aliphatic rings. The molecule has 27 heavy (non-hydrogen) atoms. The van der Waals surface area contributed by atoms with Gasteiger partial charge in [-0.3, -0.25) is 4.90 Å². The van der Waals surface area contributed by atoms with Crippen LogP contribution in [0.5, 0.6) is 0 Å². The van der Waals surface area contributed by atoms with Crippen LogP contribution in [0.2, 0.25) is 5.02 Å². The van der Waals surface area contributed by atoms with Crippen LogP contribution in [-0.2, 0) is 6.54 Å². The molecule has 2 heterocycles. The van der Waals surface area contributed by atoms with Crippen molar-refractivity contribution in [2.24, 2.45) is 0 Å². The highest BCUT2D eigenvalue weighted by Crippen LogP contribution is 2.37. The monoisotopic (exact) mass is 387 g/mol. The lowest BCUT2D eigenvalue weighted by Gasteiger charge is -2.44. The van der Waals surface area contributed by atoms with Gasteiger partial charge < -0.3 is 10.2 Å². The Labute approximate surface area is 163 Å². The zero-order valence-electron chi connectivity index (χ0n) is 15.3. The summed E-state index contributed by atoms with van der Waals surface area (Å²) in [4.78, 5) is 17.1. The molecular formula is C21H23ClFN3O. The van der Waals surface area contributed by atoms with E-state index in [0.29, 0.717) is 17.1 Å². The molecule has 0 saturated carbocycles. The SMILES string of the molecule is CC(c1ccc(Cl)cc1F)N1C(=O)N(C2CCNCC2)Cc2ccccc21. The minimum Gasteiger partial charge on any atom is -0.317 e. The van der Waals surface area contributed by atoms with Crippen molar-refractivity contribution in [1.29, 1.82) is 0 Å². The van der Waals surface area contributed by atoms with Gasteiger partial charge >= 0.3 is 6.03 Å². The fraction of sp³-hybridized carbons (Fsp3) is 0.381. The molecule has 1 saturated heterocycles. The van der Waals surface area contributed by atoms with Crippen LogP contribution in [0.4, 0.5) is 14.9 Å². The van der Waals surface area contributed by atoms with E-state index < -0.39 is 6.04 Å². The number of rotatable bonds is 3. The normalized spacial score (nSPS) is 19.1. The first-order valence-electron chi connectivity index (χ1n) is 9.39. The zero-order valence-corrected chi connectivity index (χ0v) is 16.0. The van der Waals surface area contributed by atoms with Gasteiger partial charge in [-0.2, -0.15) is 0 Å². The van der Waals surface area contributed by atoms with Crippen molar-refractivity contribution in [2.45, 2.75) is 38.4 Å². The Bertz CT molecular complexity index is 853.